The molecule has 0 spiro atoms. The van der Waals surface area contributed by atoms with Crippen molar-refractivity contribution in [2.75, 3.05) is 13.1 Å². The SMILES string of the molecule is Cc1cc(C(=O)N2CCC(Cc3nc(C(C)C)no3)CC2)nn1C. The highest BCUT2D eigenvalue weighted by Gasteiger charge is 2.26. The topological polar surface area (TPSA) is 77.1 Å². The fourth-order valence-corrected chi connectivity index (χ4v) is 3.00. The molecule has 3 rings (SSSR count). The van der Waals surface area contributed by atoms with Crippen molar-refractivity contribution in [1.29, 1.82) is 0 Å². The molecule has 2 aromatic rings. The molecule has 1 amide bonds. The van der Waals surface area contributed by atoms with Crippen LogP contribution in [0.1, 0.15) is 60.5 Å². The molecule has 0 N–H and O–H groups in total. The van der Waals surface area contributed by atoms with E-state index in [9.17, 15) is 4.79 Å². The first-order valence-corrected chi connectivity index (χ1v) is 8.56. The molecular formula is C17H25N5O2. The zero-order chi connectivity index (χ0) is 17.3. The predicted octanol–water partition coefficient (Wildman–Crippen LogP) is 2.33. The van der Waals surface area contributed by atoms with Crippen LogP contribution >= 0.6 is 0 Å². The van der Waals surface area contributed by atoms with Gasteiger partial charge in [0.05, 0.1) is 0 Å². The minimum absolute atomic E-state index is 0.0250. The Morgan fingerprint density at radius 2 is 2.08 bits per heavy atom. The summed E-state index contributed by atoms with van der Waals surface area (Å²) in [4.78, 5) is 18.9. The minimum Gasteiger partial charge on any atom is -0.339 e. The van der Waals surface area contributed by atoms with Crippen molar-refractivity contribution in [2.45, 2.75) is 46.0 Å². The van der Waals surface area contributed by atoms with Crippen LogP contribution in [0.15, 0.2) is 10.6 Å². The third-order valence-corrected chi connectivity index (χ3v) is 4.70. The first-order chi connectivity index (χ1) is 11.4. The summed E-state index contributed by atoms with van der Waals surface area (Å²) in [5.41, 5.74) is 1.53. The summed E-state index contributed by atoms with van der Waals surface area (Å²) in [7, 11) is 1.86. The lowest BCUT2D eigenvalue weighted by Gasteiger charge is -2.30. The van der Waals surface area contributed by atoms with E-state index >= 15 is 0 Å². The van der Waals surface area contributed by atoms with Gasteiger partial charge >= 0.3 is 0 Å². The maximum Gasteiger partial charge on any atom is 0.274 e. The van der Waals surface area contributed by atoms with Crippen LogP contribution in [-0.4, -0.2) is 43.8 Å². The van der Waals surface area contributed by atoms with E-state index in [0.717, 1.165) is 43.9 Å². The maximum atomic E-state index is 12.5. The van der Waals surface area contributed by atoms with Gasteiger partial charge in [-0.05, 0) is 31.7 Å². The van der Waals surface area contributed by atoms with Gasteiger partial charge in [-0.3, -0.25) is 9.48 Å². The van der Waals surface area contributed by atoms with Gasteiger partial charge in [0.1, 0.15) is 0 Å². The van der Waals surface area contributed by atoms with Gasteiger partial charge < -0.3 is 9.42 Å². The summed E-state index contributed by atoms with van der Waals surface area (Å²) >= 11 is 0. The molecule has 1 aliphatic rings. The second kappa shape index (κ2) is 6.75. The number of rotatable bonds is 4. The lowest BCUT2D eigenvalue weighted by atomic mass is 9.93. The van der Waals surface area contributed by atoms with Crippen LogP contribution in [0.25, 0.3) is 0 Å². The van der Waals surface area contributed by atoms with Gasteiger partial charge in [0.2, 0.25) is 5.89 Å². The van der Waals surface area contributed by atoms with Crippen molar-refractivity contribution in [1.82, 2.24) is 24.8 Å². The molecule has 3 heterocycles. The van der Waals surface area contributed by atoms with Crippen molar-refractivity contribution >= 4 is 5.91 Å². The molecule has 7 nitrogen and oxygen atoms in total. The predicted molar refractivity (Wildman–Crippen MR) is 88.7 cm³/mol. The fraction of sp³-hybridized carbons (Fsp3) is 0.647. The van der Waals surface area contributed by atoms with Gasteiger partial charge in [-0.15, -0.1) is 0 Å². The Hall–Kier alpha value is -2.18. The Morgan fingerprint density at radius 3 is 2.62 bits per heavy atom. The molecule has 130 valence electrons. The normalized spacial score (nSPS) is 16.1. The molecule has 0 aromatic carbocycles. The summed E-state index contributed by atoms with van der Waals surface area (Å²) < 4.78 is 7.07. The van der Waals surface area contributed by atoms with E-state index in [1.165, 1.54) is 0 Å². The lowest BCUT2D eigenvalue weighted by Crippen LogP contribution is -2.39. The molecule has 1 saturated heterocycles. The van der Waals surface area contributed by atoms with Gasteiger partial charge in [-0.2, -0.15) is 10.1 Å². The van der Waals surface area contributed by atoms with E-state index < -0.39 is 0 Å². The third kappa shape index (κ3) is 3.49. The van der Waals surface area contributed by atoms with Gasteiger partial charge in [0.15, 0.2) is 11.5 Å². The Morgan fingerprint density at radius 1 is 1.38 bits per heavy atom. The van der Waals surface area contributed by atoms with E-state index in [0.29, 0.717) is 17.5 Å². The Bertz CT molecular complexity index is 691. The molecule has 0 unspecified atom stereocenters. The Balaban J connectivity index is 1.54. The molecule has 0 atom stereocenters. The number of hydrogen-bond donors (Lipinski definition) is 0. The van der Waals surface area contributed by atoms with E-state index in [4.69, 9.17) is 4.52 Å². The molecule has 7 heteroatoms. The molecule has 0 bridgehead atoms. The van der Waals surface area contributed by atoms with Gasteiger partial charge in [0.25, 0.3) is 5.91 Å². The van der Waals surface area contributed by atoms with Crippen LogP contribution in [0.2, 0.25) is 0 Å². The zero-order valence-electron chi connectivity index (χ0n) is 14.8. The highest BCUT2D eigenvalue weighted by molar-refractivity contribution is 5.92. The summed E-state index contributed by atoms with van der Waals surface area (Å²) in [5, 5.41) is 8.30. The van der Waals surface area contributed by atoms with E-state index in [1.807, 2.05) is 24.9 Å². The molecule has 0 aliphatic carbocycles. The average Bonchev–Trinajstić information content (AvgIpc) is 3.15. The highest BCUT2D eigenvalue weighted by atomic mass is 16.5. The van der Waals surface area contributed by atoms with Crippen molar-refractivity contribution in [2.24, 2.45) is 13.0 Å². The second-order valence-electron chi connectivity index (χ2n) is 6.94. The lowest BCUT2D eigenvalue weighted by molar-refractivity contribution is 0.0680. The first kappa shape index (κ1) is 16.7. The number of hydrogen-bond acceptors (Lipinski definition) is 5. The van der Waals surface area contributed by atoms with Gasteiger partial charge in [0, 0.05) is 38.2 Å². The molecule has 24 heavy (non-hydrogen) atoms. The average molecular weight is 331 g/mol. The molecular weight excluding hydrogens is 306 g/mol. The van der Waals surface area contributed by atoms with Crippen LogP contribution in [0.3, 0.4) is 0 Å². The standard InChI is InChI=1S/C17H25N5O2/c1-11(2)16-18-15(24-20-16)10-13-5-7-22(8-6-13)17(23)14-9-12(3)21(4)19-14/h9,11,13H,5-8,10H2,1-4H3. The van der Waals surface area contributed by atoms with E-state index in [2.05, 4.69) is 29.1 Å². The molecule has 2 aromatic heterocycles. The number of amides is 1. The number of aromatic nitrogens is 4. The number of nitrogens with zero attached hydrogens (tertiary/aromatic N) is 5. The zero-order valence-corrected chi connectivity index (χ0v) is 14.8. The minimum atomic E-state index is 0.0250. The summed E-state index contributed by atoms with van der Waals surface area (Å²) in [5.74, 6) is 2.27. The number of carbonyl (C=O) groups is 1. The molecule has 0 saturated carbocycles. The monoisotopic (exact) mass is 331 g/mol. The van der Waals surface area contributed by atoms with Crippen molar-refractivity contribution in [3.63, 3.8) is 0 Å². The maximum absolute atomic E-state index is 12.5. The van der Waals surface area contributed by atoms with Crippen molar-refractivity contribution < 1.29 is 9.32 Å². The summed E-state index contributed by atoms with van der Waals surface area (Å²) in [6, 6.07) is 1.85. The van der Waals surface area contributed by atoms with Crippen LogP contribution in [0, 0.1) is 12.8 Å². The number of likely N-dealkylation sites (tertiary alicyclic amines) is 1. The van der Waals surface area contributed by atoms with Gasteiger partial charge in [-0.25, -0.2) is 0 Å². The third-order valence-electron chi connectivity index (χ3n) is 4.70. The van der Waals surface area contributed by atoms with Crippen LogP contribution in [0.4, 0.5) is 0 Å². The van der Waals surface area contributed by atoms with E-state index in [-0.39, 0.29) is 11.8 Å². The number of piperidine rings is 1. The van der Waals surface area contributed by atoms with Crippen molar-refractivity contribution in [3.8, 4) is 0 Å². The quantitative estimate of drug-likeness (QED) is 0.859. The summed E-state index contributed by atoms with van der Waals surface area (Å²) in [6.07, 6.45) is 2.71. The van der Waals surface area contributed by atoms with Crippen LogP contribution in [-0.2, 0) is 13.5 Å². The molecule has 1 aliphatic heterocycles. The largest absolute Gasteiger partial charge is 0.339 e. The van der Waals surface area contributed by atoms with Crippen molar-refractivity contribution in [3.05, 3.63) is 29.2 Å². The highest BCUT2D eigenvalue weighted by Crippen LogP contribution is 2.23. The Labute approximate surface area is 142 Å². The van der Waals surface area contributed by atoms with Crippen LogP contribution in [0.5, 0.6) is 0 Å². The number of aryl methyl sites for hydroxylation is 2. The van der Waals surface area contributed by atoms with Gasteiger partial charge in [-0.1, -0.05) is 19.0 Å². The molecule has 0 radical (unpaired) electrons. The summed E-state index contributed by atoms with van der Waals surface area (Å²) in [6.45, 7) is 7.57. The van der Waals surface area contributed by atoms with Crippen LogP contribution < -0.4 is 0 Å². The second-order valence-corrected chi connectivity index (χ2v) is 6.94. The Kier molecular flexibility index (Phi) is 4.69. The van der Waals surface area contributed by atoms with E-state index in [1.54, 1.807) is 4.68 Å². The first-order valence-electron chi connectivity index (χ1n) is 8.56. The molecule has 1 fully saturated rings. The smallest absolute Gasteiger partial charge is 0.274 e. The fourth-order valence-electron chi connectivity index (χ4n) is 3.00. The number of carbonyl (C=O) groups excluding carboxylic acids is 1.